The lowest BCUT2D eigenvalue weighted by atomic mass is 10.1. The summed E-state index contributed by atoms with van der Waals surface area (Å²) in [4.78, 5) is 15.2. The number of nitrogens with zero attached hydrogens (tertiary/aromatic N) is 2. The maximum absolute atomic E-state index is 12.8. The molecule has 1 unspecified atom stereocenters. The molecule has 2 heterocycles. The van der Waals surface area contributed by atoms with Gasteiger partial charge in [0.05, 0.1) is 19.9 Å². The van der Waals surface area contributed by atoms with Crippen LogP contribution in [0.3, 0.4) is 0 Å². The standard InChI is InChI=1S/C20H26N4O3/c1-4-24-7-5-6-13(24)11-21-20(25)19-15-8-12-9-16(26-2)17(27-3)10-14(12)18(15)22-23-19/h9-10,13H,4-8,11H2,1-3H3,(H,21,25)(H,22,23). The van der Waals surface area contributed by atoms with Crippen LogP contribution in [-0.4, -0.2) is 60.9 Å². The predicted octanol–water partition coefficient (Wildman–Crippen LogP) is 2.21. The first-order valence-corrected chi connectivity index (χ1v) is 9.51. The highest BCUT2D eigenvalue weighted by atomic mass is 16.5. The third-order valence-corrected chi connectivity index (χ3v) is 5.73. The van der Waals surface area contributed by atoms with Gasteiger partial charge in [-0.25, -0.2) is 0 Å². The molecule has 0 saturated carbocycles. The predicted molar refractivity (Wildman–Crippen MR) is 103 cm³/mol. The van der Waals surface area contributed by atoms with Crippen LogP contribution in [0.1, 0.15) is 41.4 Å². The summed E-state index contributed by atoms with van der Waals surface area (Å²) in [7, 11) is 3.24. The van der Waals surface area contributed by atoms with E-state index in [4.69, 9.17) is 9.47 Å². The van der Waals surface area contributed by atoms with Crippen molar-refractivity contribution in [2.24, 2.45) is 0 Å². The molecular weight excluding hydrogens is 344 g/mol. The van der Waals surface area contributed by atoms with Gasteiger partial charge in [0.1, 0.15) is 5.69 Å². The molecule has 2 N–H and O–H groups in total. The van der Waals surface area contributed by atoms with Gasteiger partial charge in [-0.15, -0.1) is 0 Å². The van der Waals surface area contributed by atoms with Gasteiger partial charge in [-0.2, -0.15) is 5.10 Å². The third-order valence-electron chi connectivity index (χ3n) is 5.73. The van der Waals surface area contributed by atoms with E-state index in [-0.39, 0.29) is 5.91 Å². The van der Waals surface area contributed by atoms with Gasteiger partial charge >= 0.3 is 0 Å². The van der Waals surface area contributed by atoms with E-state index in [2.05, 4.69) is 27.3 Å². The summed E-state index contributed by atoms with van der Waals surface area (Å²) in [5.41, 5.74) is 4.41. The smallest absolute Gasteiger partial charge is 0.269 e. The molecule has 7 heteroatoms. The molecule has 1 aromatic carbocycles. The van der Waals surface area contributed by atoms with E-state index in [9.17, 15) is 4.79 Å². The second-order valence-electron chi connectivity index (χ2n) is 7.10. The van der Waals surface area contributed by atoms with Crippen molar-refractivity contribution in [1.82, 2.24) is 20.4 Å². The largest absolute Gasteiger partial charge is 0.493 e. The van der Waals surface area contributed by atoms with Crippen LogP contribution in [-0.2, 0) is 6.42 Å². The number of aromatic amines is 1. The van der Waals surface area contributed by atoms with Crippen LogP contribution in [0.5, 0.6) is 11.5 Å². The zero-order valence-corrected chi connectivity index (χ0v) is 16.1. The maximum Gasteiger partial charge on any atom is 0.269 e. The van der Waals surface area contributed by atoms with Crippen LogP contribution < -0.4 is 14.8 Å². The molecule has 0 bridgehead atoms. The molecule has 1 fully saturated rings. The van der Waals surface area contributed by atoms with Gasteiger partial charge in [-0.05, 0) is 43.6 Å². The van der Waals surface area contributed by atoms with E-state index in [0.29, 0.717) is 36.2 Å². The fourth-order valence-electron chi connectivity index (χ4n) is 4.27. The summed E-state index contributed by atoms with van der Waals surface area (Å²) >= 11 is 0. The molecule has 1 amide bonds. The SMILES string of the molecule is CCN1CCCC1CNC(=O)c1[nH]nc2c1Cc1cc(OC)c(OC)cc1-2. The summed E-state index contributed by atoms with van der Waals surface area (Å²) in [6.45, 7) is 4.99. The summed E-state index contributed by atoms with van der Waals surface area (Å²) in [5.74, 6) is 1.27. The number of benzene rings is 1. The van der Waals surface area contributed by atoms with Crippen molar-refractivity contribution in [2.45, 2.75) is 32.2 Å². The molecule has 4 rings (SSSR count). The molecule has 1 aliphatic carbocycles. The van der Waals surface area contributed by atoms with E-state index in [0.717, 1.165) is 41.9 Å². The number of H-pyrrole nitrogens is 1. The minimum atomic E-state index is -0.0848. The molecular formula is C20H26N4O3. The monoisotopic (exact) mass is 370 g/mol. The van der Waals surface area contributed by atoms with Crippen molar-refractivity contribution in [3.8, 4) is 22.8 Å². The van der Waals surface area contributed by atoms with E-state index >= 15 is 0 Å². The molecule has 7 nitrogen and oxygen atoms in total. The van der Waals surface area contributed by atoms with E-state index in [1.54, 1.807) is 14.2 Å². The Bertz CT molecular complexity index is 861. The fourth-order valence-corrected chi connectivity index (χ4v) is 4.27. The quantitative estimate of drug-likeness (QED) is 0.695. The number of ether oxygens (including phenoxy) is 2. The van der Waals surface area contributed by atoms with Crippen molar-refractivity contribution in [3.63, 3.8) is 0 Å². The number of aromatic nitrogens is 2. The molecule has 1 aromatic heterocycles. The average molecular weight is 370 g/mol. The van der Waals surface area contributed by atoms with Gasteiger partial charge < -0.3 is 14.8 Å². The normalized spacial score (nSPS) is 18.3. The Morgan fingerprint density at radius 1 is 1.33 bits per heavy atom. The Morgan fingerprint density at radius 3 is 2.85 bits per heavy atom. The average Bonchev–Trinajstić information content (AvgIpc) is 3.39. The topological polar surface area (TPSA) is 79.5 Å². The number of carbonyl (C=O) groups excluding carboxylic acids is 1. The summed E-state index contributed by atoms with van der Waals surface area (Å²) < 4.78 is 10.8. The maximum atomic E-state index is 12.8. The van der Waals surface area contributed by atoms with Crippen LogP contribution in [0.2, 0.25) is 0 Å². The first-order chi connectivity index (χ1) is 13.2. The van der Waals surface area contributed by atoms with Crippen molar-refractivity contribution in [1.29, 1.82) is 0 Å². The summed E-state index contributed by atoms with van der Waals surface area (Å²) in [5, 5.41) is 10.4. The van der Waals surface area contributed by atoms with Gasteiger partial charge in [0.2, 0.25) is 0 Å². The van der Waals surface area contributed by atoms with Crippen molar-refractivity contribution < 1.29 is 14.3 Å². The Morgan fingerprint density at radius 2 is 2.11 bits per heavy atom. The molecule has 0 spiro atoms. The zero-order valence-electron chi connectivity index (χ0n) is 16.1. The second kappa shape index (κ2) is 7.23. The minimum Gasteiger partial charge on any atom is -0.493 e. The summed E-state index contributed by atoms with van der Waals surface area (Å²) in [6.07, 6.45) is 3.00. The first kappa shape index (κ1) is 17.9. The zero-order chi connectivity index (χ0) is 19.0. The lowest BCUT2D eigenvalue weighted by Crippen LogP contribution is -2.40. The highest BCUT2D eigenvalue weighted by Crippen LogP contribution is 2.42. The highest BCUT2D eigenvalue weighted by Gasteiger charge is 2.30. The molecule has 2 aromatic rings. The van der Waals surface area contributed by atoms with Gasteiger partial charge in [0.15, 0.2) is 11.5 Å². The summed E-state index contributed by atoms with van der Waals surface area (Å²) in [6, 6.07) is 4.33. The van der Waals surface area contributed by atoms with E-state index < -0.39 is 0 Å². The molecule has 27 heavy (non-hydrogen) atoms. The van der Waals surface area contributed by atoms with Crippen LogP contribution in [0.15, 0.2) is 12.1 Å². The molecule has 1 saturated heterocycles. The molecule has 1 aliphatic heterocycles. The number of nitrogens with one attached hydrogen (secondary N) is 2. The van der Waals surface area contributed by atoms with E-state index in [1.807, 2.05) is 12.1 Å². The number of methoxy groups -OCH3 is 2. The minimum absolute atomic E-state index is 0.0848. The number of rotatable bonds is 6. The Balaban J connectivity index is 1.52. The fraction of sp³-hybridized carbons (Fsp3) is 0.500. The number of hydrogen-bond acceptors (Lipinski definition) is 5. The third kappa shape index (κ3) is 3.06. The lowest BCUT2D eigenvalue weighted by Gasteiger charge is -2.22. The Kier molecular flexibility index (Phi) is 4.78. The number of carbonyl (C=O) groups is 1. The first-order valence-electron chi connectivity index (χ1n) is 9.51. The number of hydrogen-bond donors (Lipinski definition) is 2. The van der Waals surface area contributed by atoms with Crippen LogP contribution in [0, 0.1) is 0 Å². The second-order valence-corrected chi connectivity index (χ2v) is 7.10. The molecule has 144 valence electrons. The Hall–Kier alpha value is -2.54. The number of likely N-dealkylation sites (tertiary alicyclic amines) is 1. The molecule has 2 aliphatic rings. The van der Waals surface area contributed by atoms with Gasteiger partial charge in [0, 0.05) is 30.1 Å². The van der Waals surface area contributed by atoms with Crippen LogP contribution in [0.4, 0.5) is 0 Å². The van der Waals surface area contributed by atoms with Gasteiger partial charge in [0.25, 0.3) is 5.91 Å². The van der Waals surface area contributed by atoms with Crippen molar-refractivity contribution in [3.05, 3.63) is 29.0 Å². The van der Waals surface area contributed by atoms with Crippen molar-refractivity contribution >= 4 is 5.91 Å². The molecule has 1 atom stereocenters. The number of likely N-dealkylation sites (N-methyl/N-ethyl adjacent to an activating group) is 1. The highest BCUT2D eigenvalue weighted by molar-refractivity contribution is 5.97. The van der Waals surface area contributed by atoms with Crippen LogP contribution >= 0.6 is 0 Å². The van der Waals surface area contributed by atoms with Crippen molar-refractivity contribution in [2.75, 3.05) is 33.9 Å². The van der Waals surface area contributed by atoms with E-state index in [1.165, 1.54) is 6.42 Å². The Labute approximate surface area is 159 Å². The van der Waals surface area contributed by atoms with Gasteiger partial charge in [-0.3, -0.25) is 14.8 Å². The number of fused-ring (bicyclic) bond motifs is 3. The number of amides is 1. The van der Waals surface area contributed by atoms with Gasteiger partial charge in [-0.1, -0.05) is 6.92 Å². The van der Waals surface area contributed by atoms with Crippen LogP contribution in [0.25, 0.3) is 11.3 Å². The lowest BCUT2D eigenvalue weighted by molar-refractivity contribution is 0.0935. The molecule has 0 radical (unpaired) electrons.